The fourth-order valence-corrected chi connectivity index (χ4v) is 2.80. The Kier molecular flexibility index (Phi) is 4.63. The molecule has 0 radical (unpaired) electrons. The molecule has 0 fully saturated rings. The van der Waals surface area contributed by atoms with E-state index in [2.05, 4.69) is 11.1 Å². The van der Waals surface area contributed by atoms with Crippen molar-refractivity contribution in [1.29, 1.82) is 5.26 Å². The number of benzene rings is 1. The molecule has 3 rings (SSSR count). The van der Waals surface area contributed by atoms with Gasteiger partial charge in [-0.2, -0.15) is 5.26 Å². The number of nitriles is 1. The Labute approximate surface area is 150 Å². The first-order valence-corrected chi connectivity index (χ1v) is 7.94. The summed E-state index contributed by atoms with van der Waals surface area (Å²) in [5, 5.41) is 8.98. The Bertz CT molecular complexity index is 1080. The van der Waals surface area contributed by atoms with E-state index in [1.807, 2.05) is 24.3 Å². The molecule has 0 aliphatic rings. The van der Waals surface area contributed by atoms with Crippen LogP contribution in [0.2, 0.25) is 0 Å². The van der Waals surface area contributed by atoms with Crippen LogP contribution in [0.25, 0.3) is 11.4 Å². The van der Waals surface area contributed by atoms with Crippen molar-refractivity contribution in [2.45, 2.75) is 6.42 Å². The largest absolute Gasteiger partial charge is 0.366 e. The van der Waals surface area contributed by atoms with E-state index in [4.69, 9.17) is 11.0 Å². The van der Waals surface area contributed by atoms with Crippen LogP contribution in [-0.4, -0.2) is 15.5 Å². The summed E-state index contributed by atoms with van der Waals surface area (Å²) in [6.07, 6.45) is 2.32. The molecular formula is C20H16N4O2. The van der Waals surface area contributed by atoms with E-state index in [1.54, 1.807) is 25.4 Å². The van der Waals surface area contributed by atoms with Crippen molar-refractivity contribution in [2.75, 3.05) is 0 Å². The second-order valence-corrected chi connectivity index (χ2v) is 5.90. The summed E-state index contributed by atoms with van der Waals surface area (Å²) in [6.45, 7) is 0. The average molecular weight is 344 g/mol. The number of hydrogen-bond acceptors (Lipinski definition) is 4. The van der Waals surface area contributed by atoms with E-state index in [0.29, 0.717) is 23.4 Å². The lowest BCUT2D eigenvalue weighted by molar-refractivity contribution is 0.1000. The standard InChI is InChI=1S/C20H16N4O2/c1-24-18(25)8-6-16(20(22)26)19(24)17-7-5-15(12-23-17)10-13-3-2-4-14(9-13)11-21/h2-9,12H,10H2,1H3,(H2,22,26). The number of pyridine rings is 2. The Balaban J connectivity index is 1.96. The number of rotatable bonds is 4. The zero-order valence-electron chi connectivity index (χ0n) is 14.1. The highest BCUT2D eigenvalue weighted by atomic mass is 16.1. The van der Waals surface area contributed by atoms with Crippen LogP contribution in [0, 0.1) is 11.3 Å². The van der Waals surface area contributed by atoms with Gasteiger partial charge in [0.25, 0.3) is 11.5 Å². The third-order valence-electron chi connectivity index (χ3n) is 4.11. The first-order valence-electron chi connectivity index (χ1n) is 7.94. The number of carbonyl (C=O) groups is 1. The van der Waals surface area contributed by atoms with Gasteiger partial charge in [0.15, 0.2) is 0 Å². The molecule has 6 heteroatoms. The lowest BCUT2D eigenvalue weighted by Gasteiger charge is -2.12. The maximum atomic E-state index is 11.9. The Morgan fingerprint density at radius 1 is 1.19 bits per heavy atom. The van der Waals surface area contributed by atoms with Crippen LogP contribution < -0.4 is 11.3 Å². The van der Waals surface area contributed by atoms with Crippen molar-refractivity contribution < 1.29 is 4.79 Å². The molecule has 6 nitrogen and oxygen atoms in total. The molecule has 0 spiro atoms. The minimum Gasteiger partial charge on any atom is -0.366 e. The van der Waals surface area contributed by atoms with Gasteiger partial charge in [0.1, 0.15) is 0 Å². The minimum atomic E-state index is -0.616. The topological polar surface area (TPSA) is 102 Å². The number of nitrogens with two attached hydrogens (primary N) is 1. The molecule has 0 atom stereocenters. The molecule has 1 aromatic carbocycles. The second-order valence-electron chi connectivity index (χ2n) is 5.90. The minimum absolute atomic E-state index is 0.245. The maximum Gasteiger partial charge on any atom is 0.250 e. The van der Waals surface area contributed by atoms with Crippen LogP contribution in [0.3, 0.4) is 0 Å². The zero-order valence-corrected chi connectivity index (χ0v) is 14.1. The first-order chi connectivity index (χ1) is 12.5. The van der Waals surface area contributed by atoms with Gasteiger partial charge < -0.3 is 10.3 Å². The average Bonchev–Trinajstić information content (AvgIpc) is 2.64. The Morgan fingerprint density at radius 2 is 2.00 bits per heavy atom. The molecule has 128 valence electrons. The molecule has 2 aromatic heterocycles. The molecule has 1 amide bonds. The van der Waals surface area contributed by atoms with Gasteiger partial charge in [0, 0.05) is 19.3 Å². The summed E-state index contributed by atoms with van der Waals surface area (Å²) in [7, 11) is 1.58. The predicted octanol–water partition coefficient (Wildman–Crippen LogP) is 2.01. The van der Waals surface area contributed by atoms with Crippen LogP contribution in [-0.2, 0) is 13.5 Å². The van der Waals surface area contributed by atoms with Gasteiger partial charge in [-0.3, -0.25) is 14.6 Å². The fourth-order valence-electron chi connectivity index (χ4n) is 2.80. The van der Waals surface area contributed by atoms with Crippen molar-refractivity contribution in [1.82, 2.24) is 9.55 Å². The molecule has 26 heavy (non-hydrogen) atoms. The van der Waals surface area contributed by atoms with Crippen molar-refractivity contribution >= 4 is 5.91 Å². The molecule has 2 heterocycles. The van der Waals surface area contributed by atoms with E-state index in [0.717, 1.165) is 11.1 Å². The van der Waals surface area contributed by atoms with Gasteiger partial charge in [0.2, 0.25) is 0 Å². The van der Waals surface area contributed by atoms with Crippen molar-refractivity contribution in [2.24, 2.45) is 12.8 Å². The van der Waals surface area contributed by atoms with Crippen LogP contribution in [0.5, 0.6) is 0 Å². The van der Waals surface area contributed by atoms with Crippen LogP contribution in [0.4, 0.5) is 0 Å². The van der Waals surface area contributed by atoms with Crippen molar-refractivity contribution in [3.63, 3.8) is 0 Å². The third kappa shape index (κ3) is 3.37. The number of nitrogens with zero attached hydrogens (tertiary/aromatic N) is 3. The summed E-state index contributed by atoms with van der Waals surface area (Å²) >= 11 is 0. The summed E-state index contributed by atoms with van der Waals surface area (Å²) in [5.74, 6) is -0.616. The Hall–Kier alpha value is -3.72. The quantitative estimate of drug-likeness (QED) is 0.782. The second kappa shape index (κ2) is 7.03. The van der Waals surface area contributed by atoms with Gasteiger partial charge in [0.05, 0.1) is 28.6 Å². The first kappa shape index (κ1) is 17.1. The van der Waals surface area contributed by atoms with Gasteiger partial charge >= 0.3 is 0 Å². The molecule has 0 unspecified atom stereocenters. The van der Waals surface area contributed by atoms with E-state index >= 15 is 0 Å². The smallest absolute Gasteiger partial charge is 0.250 e. The number of aromatic nitrogens is 2. The van der Waals surface area contributed by atoms with Gasteiger partial charge in [-0.25, -0.2) is 0 Å². The van der Waals surface area contributed by atoms with Crippen molar-refractivity contribution in [3.05, 3.63) is 87.3 Å². The molecule has 0 saturated heterocycles. The summed E-state index contributed by atoms with van der Waals surface area (Å²) < 4.78 is 1.36. The van der Waals surface area contributed by atoms with Gasteiger partial charge in [-0.15, -0.1) is 0 Å². The summed E-state index contributed by atoms with van der Waals surface area (Å²) in [5.41, 5.74) is 8.87. The SMILES string of the molecule is Cn1c(-c2ccc(Cc3cccc(C#N)c3)cn2)c(C(N)=O)ccc1=O. The molecule has 3 aromatic rings. The normalized spacial score (nSPS) is 10.3. The summed E-state index contributed by atoms with van der Waals surface area (Å²) in [6, 6.07) is 15.9. The molecule has 0 aliphatic carbocycles. The molecule has 0 aliphatic heterocycles. The molecule has 0 bridgehead atoms. The van der Waals surface area contributed by atoms with E-state index < -0.39 is 5.91 Å². The highest BCUT2D eigenvalue weighted by molar-refractivity contribution is 5.98. The van der Waals surface area contributed by atoms with Crippen LogP contribution >= 0.6 is 0 Å². The predicted molar refractivity (Wildman–Crippen MR) is 97.4 cm³/mol. The monoisotopic (exact) mass is 344 g/mol. The molecule has 0 saturated carbocycles. The van der Waals surface area contributed by atoms with Crippen LogP contribution in [0.15, 0.2) is 59.5 Å². The molecule has 2 N–H and O–H groups in total. The van der Waals surface area contributed by atoms with E-state index in [9.17, 15) is 9.59 Å². The van der Waals surface area contributed by atoms with Gasteiger partial charge in [-0.05, 0) is 41.8 Å². The number of carbonyl (C=O) groups excluding carboxylic acids is 1. The van der Waals surface area contributed by atoms with E-state index in [-0.39, 0.29) is 11.1 Å². The lowest BCUT2D eigenvalue weighted by atomic mass is 10.0. The van der Waals surface area contributed by atoms with Crippen molar-refractivity contribution in [3.8, 4) is 17.5 Å². The number of primary amides is 1. The van der Waals surface area contributed by atoms with Crippen LogP contribution in [0.1, 0.15) is 27.0 Å². The van der Waals surface area contributed by atoms with E-state index in [1.165, 1.54) is 16.7 Å². The lowest BCUT2D eigenvalue weighted by Crippen LogP contribution is -2.23. The maximum absolute atomic E-state index is 11.9. The highest BCUT2D eigenvalue weighted by Gasteiger charge is 2.15. The highest BCUT2D eigenvalue weighted by Crippen LogP contribution is 2.20. The number of hydrogen-bond donors (Lipinski definition) is 1. The Morgan fingerprint density at radius 3 is 2.65 bits per heavy atom. The fraction of sp³-hybridized carbons (Fsp3) is 0.100. The molecular weight excluding hydrogens is 328 g/mol. The summed E-state index contributed by atoms with van der Waals surface area (Å²) in [4.78, 5) is 28.0. The third-order valence-corrected chi connectivity index (χ3v) is 4.11. The zero-order chi connectivity index (χ0) is 18.7. The number of amides is 1. The van der Waals surface area contributed by atoms with Gasteiger partial charge in [-0.1, -0.05) is 18.2 Å².